The van der Waals surface area contributed by atoms with E-state index < -0.39 is 5.92 Å². The zero-order valence-electron chi connectivity index (χ0n) is 23.0. The van der Waals surface area contributed by atoms with Gasteiger partial charge in [-0.25, -0.2) is 0 Å². The van der Waals surface area contributed by atoms with E-state index in [1.54, 1.807) is 6.07 Å². The third-order valence-corrected chi connectivity index (χ3v) is 8.61. The number of rotatable bonds is 6. The summed E-state index contributed by atoms with van der Waals surface area (Å²) in [5.41, 5.74) is 5.28. The summed E-state index contributed by atoms with van der Waals surface area (Å²) >= 11 is 0. The van der Waals surface area contributed by atoms with Crippen molar-refractivity contribution in [3.05, 3.63) is 76.2 Å². The first-order valence-electron chi connectivity index (χ1n) is 14.3. The standard InChI is InChI=1S/C31H37F2N5O/c1-19(2)21-8-10-24(11-9-21)38-27-12-13-37(26-7-5-4-6-25(36-38)28(26)27)30(39)23-15-22(14-20-16-34-17-20)29(35-18-23)31(3,32)33/h8-11,15,18-20,26,34H,4-7,12-14,16-17H2,1-3H3/q+1. The number of azo groups is 2. The second kappa shape index (κ2) is 10.2. The molecule has 1 unspecified atom stereocenters. The highest BCUT2D eigenvalue weighted by Crippen LogP contribution is 2.46. The largest absolute Gasteiger partial charge is 0.331 e. The van der Waals surface area contributed by atoms with Crippen LogP contribution in [-0.4, -0.2) is 46.2 Å². The van der Waals surface area contributed by atoms with Crippen molar-refractivity contribution in [3.8, 4) is 0 Å². The molecule has 1 amide bonds. The second-order valence-corrected chi connectivity index (χ2v) is 11.8. The highest BCUT2D eigenvalue weighted by atomic mass is 19.3. The molecule has 2 saturated heterocycles. The number of allylic oxidation sites excluding steroid dienone is 1. The number of hydrogen-bond donors (Lipinski definition) is 1. The molecule has 4 aliphatic rings. The summed E-state index contributed by atoms with van der Waals surface area (Å²) in [6.07, 6.45) is 6.39. The molecule has 1 aromatic heterocycles. The third-order valence-electron chi connectivity index (χ3n) is 8.61. The number of benzene rings is 1. The minimum atomic E-state index is -3.05. The molecule has 1 aromatic carbocycles. The molecular formula is C31H37F2N5O+. The first-order valence-corrected chi connectivity index (χ1v) is 14.3. The minimum Gasteiger partial charge on any atom is -0.331 e. The average molecular weight is 534 g/mol. The van der Waals surface area contributed by atoms with Crippen LogP contribution in [0.2, 0.25) is 0 Å². The van der Waals surface area contributed by atoms with Crippen molar-refractivity contribution in [2.24, 2.45) is 11.0 Å². The van der Waals surface area contributed by atoms with Crippen molar-refractivity contribution in [1.82, 2.24) is 15.2 Å². The highest BCUT2D eigenvalue weighted by Gasteiger charge is 2.50. The SMILES string of the molecule is CC(C)c1ccc([N+]2=NC3=C4[C]2CCN(C(=O)c2cnc(C(C)(F)F)c(CC5CNC5)c2)C4CCCC3)cc1. The van der Waals surface area contributed by atoms with Crippen LogP contribution in [0.5, 0.6) is 0 Å². The average Bonchev–Trinajstić information content (AvgIpc) is 3.12. The Balaban J connectivity index is 1.28. The Morgan fingerprint density at radius 1 is 1.18 bits per heavy atom. The van der Waals surface area contributed by atoms with Crippen molar-refractivity contribution in [2.45, 2.75) is 77.2 Å². The van der Waals surface area contributed by atoms with Gasteiger partial charge in [0, 0.05) is 38.2 Å². The van der Waals surface area contributed by atoms with E-state index in [4.69, 9.17) is 5.11 Å². The van der Waals surface area contributed by atoms with Crippen LogP contribution >= 0.6 is 0 Å². The van der Waals surface area contributed by atoms with Crippen molar-refractivity contribution < 1.29 is 18.3 Å². The Morgan fingerprint density at radius 3 is 2.62 bits per heavy atom. The normalized spacial score (nSPS) is 22.1. The molecule has 1 radical (unpaired) electrons. The van der Waals surface area contributed by atoms with Crippen LogP contribution in [0.3, 0.4) is 0 Å². The van der Waals surface area contributed by atoms with E-state index in [2.05, 4.69) is 53.1 Å². The van der Waals surface area contributed by atoms with Crippen LogP contribution in [0.1, 0.15) is 86.0 Å². The maximum absolute atomic E-state index is 14.4. The monoisotopic (exact) mass is 533 g/mol. The summed E-state index contributed by atoms with van der Waals surface area (Å²) in [6, 6.07) is 11.4. The lowest BCUT2D eigenvalue weighted by molar-refractivity contribution is -0.487. The van der Waals surface area contributed by atoms with Crippen LogP contribution in [0.25, 0.3) is 0 Å². The number of alkyl halides is 2. The molecule has 2 aromatic rings. The molecular weight excluding hydrogens is 496 g/mol. The summed E-state index contributed by atoms with van der Waals surface area (Å²) in [5.74, 6) is -2.42. The number of likely N-dealkylation sites (tertiary alicyclic amines) is 1. The van der Waals surface area contributed by atoms with E-state index in [0.29, 0.717) is 42.3 Å². The second-order valence-electron chi connectivity index (χ2n) is 11.8. The number of halogens is 2. The van der Waals surface area contributed by atoms with Gasteiger partial charge in [0.2, 0.25) is 5.69 Å². The zero-order valence-corrected chi connectivity index (χ0v) is 23.0. The highest BCUT2D eigenvalue weighted by molar-refractivity contribution is 5.95. The molecule has 8 heteroatoms. The lowest BCUT2D eigenvalue weighted by Gasteiger charge is -2.37. The Hall–Kier alpha value is -3.00. The third kappa shape index (κ3) is 4.92. The molecule has 0 spiro atoms. The summed E-state index contributed by atoms with van der Waals surface area (Å²) < 4.78 is 30.8. The van der Waals surface area contributed by atoms with Crippen molar-refractivity contribution in [1.29, 1.82) is 0 Å². The predicted molar refractivity (Wildman–Crippen MR) is 145 cm³/mol. The van der Waals surface area contributed by atoms with E-state index in [1.165, 1.54) is 23.4 Å². The van der Waals surface area contributed by atoms with Crippen LogP contribution < -0.4 is 5.32 Å². The molecule has 205 valence electrons. The van der Waals surface area contributed by atoms with Gasteiger partial charge in [-0.1, -0.05) is 37.1 Å². The summed E-state index contributed by atoms with van der Waals surface area (Å²) in [5, 5.41) is 8.26. The topological polar surface area (TPSA) is 60.6 Å². The maximum Gasteiger partial charge on any atom is 0.291 e. The quantitative estimate of drug-likeness (QED) is 0.434. The number of hydrogen-bond acceptors (Lipinski definition) is 4. The van der Waals surface area contributed by atoms with Gasteiger partial charge >= 0.3 is 0 Å². The van der Waals surface area contributed by atoms with E-state index in [-0.39, 0.29) is 17.6 Å². The first-order chi connectivity index (χ1) is 18.7. The van der Waals surface area contributed by atoms with Crippen LogP contribution in [-0.2, 0) is 12.3 Å². The number of amides is 1. The Bertz CT molecular complexity index is 1320. The fraction of sp³-hybridized carbons (Fsp3) is 0.516. The Labute approximate surface area is 229 Å². The molecule has 2 fully saturated rings. The molecule has 1 atom stereocenters. The fourth-order valence-corrected chi connectivity index (χ4v) is 6.40. The van der Waals surface area contributed by atoms with Gasteiger partial charge in [0.1, 0.15) is 11.4 Å². The van der Waals surface area contributed by atoms with Gasteiger partial charge in [0.05, 0.1) is 17.2 Å². The number of pyridine rings is 1. The molecule has 3 aliphatic heterocycles. The maximum atomic E-state index is 14.4. The number of nitrogens with one attached hydrogen (secondary N) is 1. The fourth-order valence-electron chi connectivity index (χ4n) is 6.40. The van der Waals surface area contributed by atoms with Gasteiger partial charge in [-0.3, -0.25) is 9.78 Å². The smallest absolute Gasteiger partial charge is 0.291 e. The Morgan fingerprint density at radius 2 is 1.95 bits per heavy atom. The van der Waals surface area contributed by atoms with Gasteiger partial charge in [0.25, 0.3) is 17.9 Å². The zero-order chi connectivity index (χ0) is 27.3. The van der Waals surface area contributed by atoms with Gasteiger partial charge in [-0.15, -0.1) is 0 Å². The summed E-state index contributed by atoms with van der Waals surface area (Å²) in [4.78, 5) is 20.0. The van der Waals surface area contributed by atoms with Gasteiger partial charge in [-0.2, -0.15) is 8.78 Å². The van der Waals surface area contributed by atoms with Gasteiger partial charge in [0.15, 0.2) is 0 Å². The van der Waals surface area contributed by atoms with E-state index >= 15 is 0 Å². The lowest BCUT2D eigenvalue weighted by Crippen LogP contribution is -2.48. The number of aromatic nitrogens is 1. The lowest BCUT2D eigenvalue weighted by atomic mass is 9.87. The molecule has 1 N–H and O–H groups in total. The van der Waals surface area contributed by atoms with Crippen LogP contribution in [0.15, 0.2) is 52.9 Å². The van der Waals surface area contributed by atoms with Gasteiger partial charge in [-0.05, 0) is 72.9 Å². The van der Waals surface area contributed by atoms with Crippen molar-refractivity contribution >= 4 is 11.6 Å². The molecule has 6 nitrogen and oxygen atoms in total. The van der Waals surface area contributed by atoms with Crippen LogP contribution in [0, 0.1) is 12.0 Å². The predicted octanol–water partition coefficient (Wildman–Crippen LogP) is 6.46. The Kier molecular flexibility index (Phi) is 6.86. The van der Waals surface area contributed by atoms with Crippen molar-refractivity contribution in [2.75, 3.05) is 19.6 Å². The number of carbonyl (C=O) groups is 1. The molecule has 1 aliphatic carbocycles. The summed E-state index contributed by atoms with van der Waals surface area (Å²) in [7, 11) is 0. The summed E-state index contributed by atoms with van der Waals surface area (Å²) in [6.45, 7) is 7.43. The number of carbonyl (C=O) groups excluding carboxylic acids is 1. The van der Waals surface area contributed by atoms with Gasteiger partial charge < -0.3 is 10.2 Å². The molecule has 0 bridgehead atoms. The minimum absolute atomic E-state index is 0.0611. The van der Waals surface area contributed by atoms with Crippen LogP contribution in [0.4, 0.5) is 14.5 Å². The van der Waals surface area contributed by atoms with E-state index in [9.17, 15) is 13.6 Å². The number of piperidine rings is 1. The van der Waals surface area contributed by atoms with Crippen molar-refractivity contribution in [3.63, 3.8) is 0 Å². The number of nitrogens with zero attached hydrogens (tertiary/aromatic N) is 4. The van der Waals surface area contributed by atoms with E-state index in [0.717, 1.165) is 57.1 Å². The first kappa shape index (κ1) is 26.2. The molecule has 0 saturated carbocycles. The molecule has 4 heterocycles. The molecule has 39 heavy (non-hydrogen) atoms. The molecule has 6 rings (SSSR count). The van der Waals surface area contributed by atoms with E-state index in [1.807, 2.05) is 4.90 Å².